The van der Waals surface area contributed by atoms with E-state index in [2.05, 4.69) is 23.3 Å². The van der Waals surface area contributed by atoms with Crippen molar-refractivity contribution in [2.45, 2.75) is 59.2 Å². The van der Waals surface area contributed by atoms with Crippen LogP contribution in [0.5, 0.6) is 0 Å². The van der Waals surface area contributed by atoms with E-state index in [0.717, 1.165) is 16.7 Å². The Morgan fingerprint density at radius 2 is 1.61 bits per heavy atom. The van der Waals surface area contributed by atoms with Crippen LogP contribution in [-0.2, 0) is 14.3 Å². The van der Waals surface area contributed by atoms with Crippen molar-refractivity contribution in [1.82, 2.24) is 10.2 Å². The number of para-hydroxylation sites is 1. The maximum absolute atomic E-state index is 13.7. The molecular formula is C27H37N3O5S. The fraction of sp³-hybridized carbons (Fsp3) is 0.444. The largest absolute Gasteiger partial charge is 0.444 e. The normalized spacial score (nSPS) is 12.9. The first kappa shape index (κ1) is 29.2. The van der Waals surface area contributed by atoms with Gasteiger partial charge in [0.15, 0.2) is 0 Å². The van der Waals surface area contributed by atoms with Gasteiger partial charge in [-0.2, -0.15) is 12.6 Å². The molecule has 196 valence electrons. The second-order valence-electron chi connectivity index (χ2n) is 9.71. The van der Waals surface area contributed by atoms with Crippen molar-refractivity contribution in [3.05, 3.63) is 64.7 Å². The van der Waals surface area contributed by atoms with Gasteiger partial charge in [-0.15, -0.1) is 0 Å². The van der Waals surface area contributed by atoms with E-state index < -0.39 is 35.6 Å². The maximum atomic E-state index is 13.7. The number of carbonyl (C=O) groups excluding carboxylic acids is 3. The molecule has 0 saturated heterocycles. The second-order valence-corrected chi connectivity index (χ2v) is 10.1. The Bertz CT molecular complexity index is 1050. The molecule has 2 aromatic rings. The van der Waals surface area contributed by atoms with Crippen LogP contribution in [0.4, 0.5) is 10.5 Å². The number of amides is 3. The molecule has 3 amide bonds. The molecule has 0 radical (unpaired) electrons. The van der Waals surface area contributed by atoms with Crippen molar-refractivity contribution in [2.75, 3.05) is 24.2 Å². The molecule has 8 nitrogen and oxygen atoms in total. The quantitative estimate of drug-likeness (QED) is 0.379. The lowest BCUT2D eigenvalue weighted by Crippen LogP contribution is -2.53. The fourth-order valence-electron chi connectivity index (χ4n) is 3.73. The van der Waals surface area contributed by atoms with E-state index in [-0.39, 0.29) is 18.9 Å². The predicted molar refractivity (Wildman–Crippen MR) is 144 cm³/mol. The summed E-state index contributed by atoms with van der Waals surface area (Å²) in [5.74, 6) is -1.03. The van der Waals surface area contributed by atoms with Crippen LogP contribution in [0.1, 0.15) is 49.1 Å². The monoisotopic (exact) mass is 515 g/mol. The molecule has 0 fully saturated rings. The average molecular weight is 516 g/mol. The van der Waals surface area contributed by atoms with Gasteiger partial charge in [-0.05, 0) is 58.2 Å². The minimum Gasteiger partial charge on any atom is -0.444 e. The minimum absolute atomic E-state index is 0.0286. The summed E-state index contributed by atoms with van der Waals surface area (Å²) in [6.45, 7) is 10.3. The molecule has 0 bridgehead atoms. The van der Waals surface area contributed by atoms with E-state index >= 15 is 0 Å². The summed E-state index contributed by atoms with van der Waals surface area (Å²) in [4.78, 5) is 41.0. The third kappa shape index (κ3) is 7.99. The highest BCUT2D eigenvalue weighted by Gasteiger charge is 2.36. The van der Waals surface area contributed by atoms with Gasteiger partial charge >= 0.3 is 6.09 Å². The molecule has 0 heterocycles. The molecular weight excluding hydrogens is 478 g/mol. The summed E-state index contributed by atoms with van der Waals surface area (Å²) < 4.78 is 5.29. The van der Waals surface area contributed by atoms with E-state index in [0.29, 0.717) is 11.3 Å². The molecule has 0 aromatic heterocycles. The van der Waals surface area contributed by atoms with Crippen LogP contribution < -0.4 is 10.6 Å². The third-order valence-electron chi connectivity index (χ3n) is 5.48. The van der Waals surface area contributed by atoms with Gasteiger partial charge in [0.25, 0.3) is 5.91 Å². The fourth-order valence-corrected chi connectivity index (χ4v) is 3.98. The lowest BCUT2D eigenvalue weighted by Gasteiger charge is -2.34. The highest BCUT2D eigenvalue weighted by atomic mass is 32.1. The number of hydrogen-bond acceptors (Lipinski definition) is 6. The summed E-state index contributed by atoms with van der Waals surface area (Å²) >= 11 is 4.25. The van der Waals surface area contributed by atoms with Crippen LogP contribution in [-0.4, -0.2) is 58.5 Å². The number of thiol groups is 1. The van der Waals surface area contributed by atoms with Crippen molar-refractivity contribution in [3.63, 3.8) is 0 Å². The molecule has 36 heavy (non-hydrogen) atoms. The standard InChI is InChI=1S/C27H37N3O5S/c1-17-10-12-20(13-11-17)23(24(32)29-22-18(2)8-7-9-19(22)3)30(14-15-31)25(33)21(16-36)28-26(34)35-27(4,5)6/h7-13,21,23,31,36H,14-16H2,1-6H3,(H,28,34)(H,29,32). The zero-order valence-electron chi connectivity index (χ0n) is 21.8. The van der Waals surface area contributed by atoms with Gasteiger partial charge in [-0.3, -0.25) is 9.59 Å². The number of nitrogens with zero attached hydrogens (tertiary/aromatic N) is 1. The minimum atomic E-state index is -1.07. The Morgan fingerprint density at radius 1 is 1.03 bits per heavy atom. The molecule has 2 unspecified atom stereocenters. The highest BCUT2D eigenvalue weighted by molar-refractivity contribution is 7.80. The average Bonchev–Trinajstić information content (AvgIpc) is 2.79. The number of benzene rings is 2. The van der Waals surface area contributed by atoms with Gasteiger partial charge in [-0.25, -0.2) is 4.79 Å². The summed E-state index contributed by atoms with van der Waals surface area (Å²) in [5.41, 5.74) is 3.23. The maximum Gasteiger partial charge on any atom is 0.408 e. The number of aliphatic hydroxyl groups is 1. The number of carbonyl (C=O) groups is 3. The Hall–Kier alpha value is -3.04. The van der Waals surface area contributed by atoms with Crippen LogP contribution in [0.3, 0.4) is 0 Å². The van der Waals surface area contributed by atoms with Crippen molar-refractivity contribution in [1.29, 1.82) is 0 Å². The van der Waals surface area contributed by atoms with Gasteiger partial charge < -0.3 is 25.4 Å². The van der Waals surface area contributed by atoms with Crippen molar-refractivity contribution in [2.24, 2.45) is 0 Å². The molecule has 0 spiro atoms. The van der Waals surface area contributed by atoms with Gasteiger partial charge in [0.1, 0.15) is 17.7 Å². The molecule has 0 aliphatic heterocycles. The SMILES string of the molecule is Cc1ccc(C(C(=O)Nc2c(C)cccc2C)N(CCO)C(=O)C(CS)NC(=O)OC(C)(C)C)cc1. The number of rotatable bonds is 9. The molecule has 9 heteroatoms. The highest BCUT2D eigenvalue weighted by Crippen LogP contribution is 2.27. The van der Waals surface area contributed by atoms with Crippen LogP contribution in [0.15, 0.2) is 42.5 Å². The van der Waals surface area contributed by atoms with Crippen molar-refractivity contribution >= 4 is 36.2 Å². The molecule has 0 aliphatic carbocycles. The van der Waals surface area contributed by atoms with Gasteiger partial charge in [-0.1, -0.05) is 48.0 Å². The molecule has 2 aromatic carbocycles. The summed E-state index contributed by atoms with van der Waals surface area (Å²) in [6, 6.07) is 10.8. The Labute approximate surface area is 218 Å². The molecule has 3 N–H and O–H groups in total. The first-order chi connectivity index (χ1) is 16.9. The number of anilines is 1. The van der Waals surface area contributed by atoms with Gasteiger partial charge in [0.05, 0.1) is 6.61 Å². The topological polar surface area (TPSA) is 108 Å². The molecule has 0 saturated carbocycles. The van der Waals surface area contributed by atoms with E-state index in [9.17, 15) is 19.5 Å². The van der Waals surface area contributed by atoms with Gasteiger partial charge in [0, 0.05) is 18.0 Å². The summed E-state index contributed by atoms with van der Waals surface area (Å²) in [5, 5.41) is 15.3. The summed E-state index contributed by atoms with van der Waals surface area (Å²) in [6.07, 6.45) is -0.772. The first-order valence-electron chi connectivity index (χ1n) is 11.8. The molecule has 0 aliphatic rings. The van der Waals surface area contributed by atoms with Crippen LogP contribution in [0.25, 0.3) is 0 Å². The van der Waals surface area contributed by atoms with Gasteiger partial charge in [0.2, 0.25) is 5.91 Å². The second kappa shape index (κ2) is 12.8. The third-order valence-corrected chi connectivity index (χ3v) is 5.84. The van der Waals surface area contributed by atoms with Crippen molar-refractivity contribution in [3.8, 4) is 0 Å². The van der Waals surface area contributed by atoms with E-state index in [1.165, 1.54) is 4.90 Å². The lowest BCUT2D eigenvalue weighted by molar-refractivity contribution is -0.140. The Balaban J connectivity index is 2.47. The number of alkyl carbamates (subject to hydrolysis) is 1. The van der Waals surface area contributed by atoms with Crippen LogP contribution in [0.2, 0.25) is 0 Å². The zero-order valence-corrected chi connectivity index (χ0v) is 22.7. The number of aryl methyl sites for hydroxylation is 3. The first-order valence-corrected chi connectivity index (χ1v) is 12.5. The van der Waals surface area contributed by atoms with Crippen LogP contribution in [0, 0.1) is 20.8 Å². The van der Waals surface area contributed by atoms with E-state index in [4.69, 9.17) is 4.74 Å². The predicted octanol–water partition coefficient (Wildman–Crippen LogP) is 3.94. The number of aliphatic hydroxyl groups excluding tert-OH is 1. The lowest BCUT2D eigenvalue weighted by atomic mass is 10.0. The van der Waals surface area contributed by atoms with E-state index in [1.807, 2.05) is 51.1 Å². The molecule has 2 atom stereocenters. The number of hydrogen-bond donors (Lipinski definition) is 4. The molecule has 2 rings (SSSR count). The number of ether oxygens (including phenoxy) is 1. The van der Waals surface area contributed by atoms with Crippen molar-refractivity contribution < 1.29 is 24.2 Å². The van der Waals surface area contributed by atoms with E-state index in [1.54, 1.807) is 32.9 Å². The Morgan fingerprint density at radius 3 is 2.11 bits per heavy atom. The summed E-state index contributed by atoms with van der Waals surface area (Å²) in [7, 11) is 0. The smallest absolute Gasteiger partial charge is 0.408 e. The Kier molecular flexibility index (Phi) is 10.4. The number of nitrogens with one attached hydrogen (secondary N) is 2. The van der Waals surface area contributed by atoms with Crippen LogP contribution >= 0.6 is 12.6 Å². The zero-order chi connectivity index (χ0) is 27.0.